The number of carboxylic acids is 1. The minimum atomic E-state index is -4.07. The molecule has 4 aromatic rings. The van der Waals surface area contributed by atoms with Gasteiger partial charge in [-0.2, -0.15) is 0 Å². The molecule has 3 amide bonds. The van der Waals surface area contributed by atoms with E-state index in [-0.39, 0.29) is 16.0 Å². The van der Waals surface area contributed by atoms with Gasteiger partial charge in [-0.1, -0.05) is 42.5 Å². The molecule has 4 N–H and O–H groups in total. The maximum Gasteiger partial charge on any atom is 0.319 e. The van der Waals surface area contributed by atoms with Crippen molar-refractivity contribution in [3.63, 3.8) is 0 Å². The Morgan fingerprint density at radius 1 is 0.825 bits per heavy atom. The van der Waals surface area contributed by atoms with E-state index in [1.165, 1.54) is 48.8 Å². The molecule has 11 heteroatoms. The number of urea groups is 1. The third kappa shape index (κ3) is 7.29. The van der Waals surface area contributed by atoms with Gasteiger partial charge in [-0.3, -0.25) is 14.6 Å². The Morgan fingerprint density at radius 2 is 1.57 bits per heavy atom. The van der Waals surface area contributed by atoms with Crippen LogP contribution in [0.3, 0.4) is 0 Å². The molecule has 0 aliphatic carbocycles. The van der Waals surface area contributed by atoms with Crippen LogP contribution in [-0.2, 0) is 21.2 Å². The van der Waals surface area contributed by atoms with Gasteiger partial charge in [-0.25, -0.2) is 13.2 Å². The predicted molar refractivity (Wildman–Crippen MR) is 150 cm³/mol. The van der Waals surface area contributed by atoms with Gasteiger partial charge in [0.25, 0.3) is 5.91 Å². The second-order valence-corrected chi connectivity index (χ2v) is 10.9. The van der Waals surface area contributed by atoms with Gasteiger partial charge in [0.15, 0.2) is 9.84 Å². The molecule has 0 radical (unpaired) electrons. The zero-order chi connectivity index (χ0) is 28.5. The van der Waals surface area contributed by atoms with Crippen LogP contribution in [0.1, 0.15) is 33.2 Å². The van der Waals surface area contributed by atoms with E-state index in [0.717, 1.165) is 5.56 Å². The lowest BCUT2D eigenvalue weighted by atomic mass is 10.1. The first-order valence-electron chi connectivity index (χ1n) is 12.2. The highest BCUT2D eigenvalue weighted by molar-refractivity contribution is 7.91. The number of rotatable bonds is 10. The van der Waals surface area contributed by atoms with Crippen LogP contribution >= 0.6 is 0 Å². The molecule has 1 heterocycles. The quantitative estimate of drug-likeness (QED) is 0.221. The van der Waals surface area contributed by atoms with Crippen LogP contribution in [0, 0.1) is 0 Å². The van der Waals surface area contributed by atoms with Crippen molar-refractivity contribution >= 4 is 39.1 Å². The van der Waals surface area contributed by atoms with Crippen molar-refractivity contribution < 1.29 is 27.9 Å². The summed E-state index contributed by atoms with van der Waals surface area (Å²) in [7, 11) is -4.07. The molecule has 4 rings (SSSR count). The zero-order valence-corrected chi connectivity index (χ0v) is 22.0. The number of nitrogens with zero attached hydrogens (tertiary/aromatic N) is 1. The standard InChI is InChI=1S/C29H26N4O6S/c34-27(35)17-26(22-9-5-15-30-19-22)40(38,39)25-13-11-23(12-14-25)32-28(36)21-8-4-10-24(16-21)33-29(37)31-18-20-6-2-1-3-7-20/h1-16,19,26H,17-18H2,(H,32,36)(H,34,35)(H2,31,33,37). The Balaban J connectivity index is 1.41. The summed E-state index contributed by atoms with van der Waals surface area (Å²) in [5, 5.41) is 16.1. The average molecular weight is 559 g/mol. The fourth-order valence-corrected chi connectivity index (χ4v) is 5.62. The Morgan fingerprint density at radius 3 is 2.25 bits per heavy atom. The molecule has 0 spiro atoms. The fourth-order valence-electron chi connectivity index (χ4n) is 3.92. The summed E-state index contributed by atoms with van der Waals surface area (Å²) >= 11 is 0. The second-order valence-electron chi connectivity index (χ2n) is 8.77. The maximum absolute atomic E-state index is 13.3. The SMILES string of the molecule is O=C(O)CC(c1cccnc1)S(=O)(=O)c1ccc(NC(=O)c2cccc(NC(=O)NCc3ccccc3)c2)cc1. The highest BCUT2D eigenvalue weighted by Gasteiger charge is 2.31. The molecule has 3 aromatic carbocycles. The van der Waals surface area contributed by atoms with Crippen molar-refractivity contribution in [1.82, 2.24) is 10.3 Å². The van der Waals surface area contributed by atoms with Crippen molar-refractivity contribution in [3.05, 3.63) is 120 Å². The fraction of sp³-hybridized carbons (Fsp3) is 0.103. The molecule has 0 aliphatic rings. The normalized spacial score (nSPS) is 11.7. The summed E-state index contributed by atoms with van der Waals surface area (Å²) in [4.78, 5) is 40.3. The van der Waals surface area contributed by atoms with Crippen LogP contribution in [0.5, 0.6) is 0 Å². The van der Waals surface area contributed by atoms with Gasteiger partial charge >= 0.3 is 12.0 Å². The van der Waals surface area contributed by atoms with Gasteiger partial charge in [-0.15, -0.1) is 0 Å². The molecular formula is C29H26N4O6S. The van der Waals surface area contributed by atoms with Crippen molar-refractivity contribution in [1.29, 1.82) is 0 Å². The molecule has 40 heavy (non-hydrogen) atoms. The number of hydrogen-bond acceptors (Lipinski definition) is 6. The average Bonchev–Trinajstić information content (AvgIpc) is 2.96. The highest BCUT2D eigenvalue weighted by Crippen LogP contribution is 2.32. The molecular weight excluding hydrogens is 532 g/mol. The first-order chi connectivity index (χ1) is 19.2. The number of carboxylic acid groups (broad SMARTS) is 1. The Kier molecular flexibility index (Phi) is 8.87. The van der Waals surface area contributed by atoms with E-state index in [2.05, 4.69) is 20.9 Å². The molecule has 0 fully saturated rings. The van der Waals surface area contributed by atoms with E-state index in [1.807, 2.05) is 30.3 Å². The number of aliphatic carboxylic acids is 1. The summed E-state index contributed by atoms with van der Waals surface area (Å²) in [5.41, 5.74) is 2.23. The number of pyridine rings is 1. The molecule has 1 unspecified atom stereocenters. The molecule has 10 nitrogen and oxygen atoms in total. The number of hydrogen-bond donors (Lipinski definition) is 4. The summed E-state index contributed by atoms with van der Waals surface area (Å²) in [6, 6.07) is 23.9. The number of carbonyl (C=O) groups is 3. The number of carbonyl (C=O) groups excluding carboxylic acids is 2. The maximum atomic E-state index is 13.3. The van der Waals surface area contributed by atoms with Crippen LogP contribution in [0.25, 0.3) is 0 Å². The lowest BCUT2D eigenvalue weighted by Gasteiger charge is -2.16. The number of nitrogens with one attached hydrogen (secondary N) is 3. The Labute approximate surface area is 231 Å². The van der Waals surface area contributed by atoms with Crippen LogP contribution < -0.4 is 16.0 Å². The largest absolute Gasteiger partial charge is 0.481 e. The molecule has 0 aliphatic heterocycles. The molecule has 0 saturated heterocycles. The van der Waals surface area contributed by atoms with Crippen molar-refractivity contribution in [3.8, 4) is 0 Å². The topological polar surface area (TPSA) is 155 Å². The predicted octanol–water partition coefficient (Wildman–Crippen LogP) is 4.65. The third-order valence-electron chi connectivity index (χ3n) is 5.91. The van der Waals surface area contributed by atoms with Gasteiger partial charge < -0.3 is 21.1 Å². The number of aromatic nitrogens is 1. The first-order valence-corrected chi connectivity index (χ1v) is 13.7. The summed E-state index contributed by atoms with van der Waals surface area (Å²) in [6.45, 7) is 0.345. The second kappa shape index (κ2) is 12.7. The highest BCUT2D eigenvalue weighted by atomic mass is 32.2. The number of amides is 3. The lowest BCUT2D eigenvalue weighted by molar-refractivity contribution is -0.137. The van der Waals surface area contributed by atoms with E-state index in [9.17, 15) is 27.9 Å². The minimum Gasteiger partial charge on any atom is -0.481 e. The van der Waals surface area contributed by atoms with Crippen molar-refractivity contribution in [2.45, 2.75) is 23.1 Å². The summed E-state index contributed by atoms with van der Waals surface area (Å²) in [5.74, 6) is -1.73. The molecule has 0 saturated carbocycles. The van der Waals surface area contributed by atoms with E-state index in [4.69, 9.17) is 0 Å². The minimum absolute atomic E-state index is 0.0895. The molecule has 204 valence electrons. The van der Waals surface area contributed by atoms with Crippen molar-refractivity contribution in [2.24, 2.45) is 0 Å². The first kappa shape index (κ1) is 28.0. The van der Waals surface area contributed by atoms with Gasteiger partial charge in [0.1, 0.15) is 5.25 Å². The Hall–Kier alpha value is -5.03. The van der Waals surface area contributed by atoms with Crippen molar-refractivity contribution in [2.75, 3.05) is 10.6 Å². The van der Waals surface area contributed by atoms with Crippen LogP contribution in [0.15, 0.2) is 108 Å². The molecule has 0 bridgehead atoms. The van der Waals surface area contributed by atoms with Gasteiger partial charge in [0, 0.05) is 35.9 Å². The zero-order valence-electron chi connectivity index (χ0n) is 21.2. The van der Waals surface area contributed by atoms with Gasteiger partial charge in [0.2, 0.25) is 0 Å². The number of benzene rings is 3. The van der Waals surface area contributed by atoms with Gasteiger partial charge in [0.05, 0.1) is 11.3 Å². The van der Waals surface area contributed by atoms with Crippen LogP contribution in [0.2, 0.25) is 0 Å². The third-order valence-corrected chi connectivity index (χ3v) is 8.03. The van der Waals surface area contributed by atoms with E-state index in [0.29, 0.717) is 17.9 Å². The summed E-state index contributed by atoms with van der Waals surface area (Å²) in [6.07, 6.45) is 2.18. The van der Waals surface area contributed by atoms with Crippen LogP contribution in [0.4, 0.5) is 16.2 Å². The van der Waals surface area contributed by atoms with E-state index >= 15 is 0 Å². The number of anilines is 2. The lowest BCUT2D eigenvalue weighted by Crippen LogP contribution is -2.28. The number of sulfone groups is 1. The van der Waals surface area contributed by atoms with Crippen LogP contribution in [-0.4, -0.2) is 36.4 Å². The summed E-state index contributed by atoms with van der Waals surface area (Å²) < 4.78 is 26.5. The molecule has 1 aromatic heterocycles. The van der Waals surface area contributed by atoms with E-state index in [1.54, 1.807) is 24.3 Å². The Bertz CT molecular complexity index is 1590. The smallest absolute Gasteiger partial charge is 0.319 e. The van der Waals surface area contributed by atoms with Gasteiger partial charge in [-0.05, 0) is 59.7 Å². The monoisotopic (exact) mass is 558 g/mol. The molecule has 1 atom stereocenters. The van der Waals surface area contributed by atoms with E-state index < -0.39 is 39.4 Å².